The van der Waals surface area contributed by atoms with Crippen molar-refractivity contribution in [1.29, 1.82) is 0 Å². The Labute approximate surface area is 109 Å². The first-order chi connectivity index (χ1) is 8.68. The summed E-state index contributed by atoms with van der Waals surface area (Å²) in [6.45, 7) is 5.57. The molecule has 0 aliphatic carbocycles. The van der Waals surface area contributed by atoms with Crippen LogP contribution in [0.15, 0.2) is 30.3 Å². The zero-order valence-electron chi connectivity index (χ0n) is 11.2. The number of hydrogen-bond acceptors (Lipinski definition) is 2. The van der Waals surface area contributed by atoms with E-state index in [0.29, 0.717) is 12.6 Å². The molecule has 1 saturated heterocycles. The summed E-state index contributed by atoms with van der Waals surface area (Å²) in [5, 5.41) is 3.30. The summed E-state index contributed by atoms with van der Waals surface area (Å²) >= 11 is 0. The third-order valence-electron chi connectivity index (χ3n) is 3.73. The van der Waals surface area contributed by atoms with Gasteiger partial charge in [-0.2, -0.15) is 0 Å². The summed E-state index contributed by atoms with van der Waals surface area (Å²) in [6, 6.07) is 10.9. The SMILES string of the molecule is C[C@H](NCC(=O)N1CCC[C@H]1C)c1ccccc1. The Bertz CT molecular complexity index is 391. The summed E-state index contributed by atoms with van der Waals surface area (Å²) in [5.74, 6) is 0.225. The van der Waals surface area contributed by atoms with Gasteiger partial charge in [0, 0.05) is 18.6 Å². The van der Waals surface area contributed by atoms with Crippen LogP contribution in [0.2, 0.25) is 0 Å². The molecule has 1 N–H and O–H groups in total. The van der Waals surface area contributed by atoms with Gasteiger partial charge in [-0.3, -0.25) is 4.79 Å². The van der Waals surface area contributed by atoms with Crippen molar-refractivity contribution in [2.24, 2.45) is 0 Å². The van der Waals surface area contributed by atoms with Crippen LogP contribution in [0, 0.1) is 0 Å². The molecular weight excluding hydrogens is 224 g/mol. The third kappa shape index (κ3) is 3.10. The van der Waals surface area contributed by atoms with Gasteiger partial charge >= 0.3 is 0 Å². The zero-order chi connectivity index (χ0) is 13.0. The van der Waals surface area contributed by atoms with E-state index >= 15 is 0 Å². The van der Waals surface area contributed by atoms with Crippen molar-refractivity contribution in [2.45, 2.75) is 38.8 Å². The minimum absolute atomic E-state index is 0.216. The second-order valence-corrected chi connectivity index (χ2v) is 5.09. The van der Waals surface area contributed by atoms with Gasteiger partial charge in [-0.15, -0.1) is 0 Å². The molecule has 3 heteroatoms. The average molecular weight is 246 g/mol. The first-order valence-electron chi connectivity index (χ1n) is 6.76. The van der Waals surface area contributed by atoms with E-state index in [0.717, 1.165) is 19.4 Å². The number of rotatable bonds is 4. The molecule has 0 radical (unpaired) electrons. The lowest BCUT2D eigenvalue weighted by molar-refractivity contribution is -0.130. The molecule has 2 atom stereocenters. The smallest absolute Gasteiger partial charge is 0.236 e. The maximum absolute atomic E-state index is 12.1. The van der Waals surface area contributed by atoms with Crippen molar-refractivity contribution in [3.63, 3.8) is 0 Å². The van der Waals surface area contributed by atoms with Crippen molar-refractivity contribution >= 4 is 5.91 Å². The van der Waals surface area contributed by atoms with E-state index in [2.05, 4.69) is 31.3 Å². The second kappa shape index (κ2) is 6.01. The van der Waals surface area contributed by atoms with Crippen LogP contribution in [0.4, 0.5) is 0 Å². The van der Waals surface area contributed by atoms with Crippen LogP contribution in [0.1, 0.15) is 38.3 Å². The van der Waals surface area contributed by atoms with Crippen LogP contribution < -0.4 is 5.32 Å². The summed E-state index contributed by atoms with van der Waals surface area (Å²) < 4.78 is 0. The molecule has 0 saturated carbocycles. The molecule has 0 unspecified atom stereocenters. The summed E-state index contributed by atoms with van der Waals surface area (Å²) in [6.07, 6.45) is 2.28. The highest BCUT2D eigenvalue weighted by Gasteiger charge is 2.24. The fraction of sp³-hybridized carbons (Fsp3) is 0.533. The number of likely N-dealkylation sites (tertiary alicyclic amines) is 1. The quantitative estimate of drug-likeness (QED) is 0.884. The molecule has 2 rings (SSSR count). The molecule has 1 aromatic carbocycles. The predicted octanol–water partition coefficient (Wildman–Crippen LogP) is 2.35. The van der Waals surface area contributed by atoms with E-state index in [1.54, 1.807) is 0 Å². The van der Waals surface area contributed by atoms with Crippen LogP contribution >= 0.6 is 0 Å². The number of nitrogens with zero attached hydrogens (tertiary/aromatic N) is 1. The molecule has 1 amide bonds. The number of carbonyl (C=O) groups is 1. The Hall–Kier alpha value is -1.35. The number of benzene rings is 1. The van der Waals surface area contributed by atoms with E-state index < -0.39 is 0 Å². The molecule has 1 aliphatic rings. The van der Waals surface area contributed by atoms with Gasteiger partial charge in [0.25, 0.3) is 0 Å². The molecule has 98 valence electrons. The van der Waals surface area contributed by atoms with E-state index in [-0.39, 0.29) is 11.9 Å². The fourth-order valence-electron chi connectivity index (χ4n) is 2.51. The van der Waals surface area contributed by atoms with E-state index in [4.69, 9.17) is 0 Å². The van der Waals surface area contributed by atoms with Gasteiger partial charge in [-0.25, -0.2) is 0 Å². The highest BCUT2D eigenvalue weighted by Crippen LogP contribution is 2.16. The lowest BCUT2D eigenvalue weighted by atomic mass is 10.1. The van der Waals surface area contributed by atoms with Crippen molar-refractivity contribution in [1.82, 2.24) is 10.2 Å². The third-order valence-corrected chi connectivity index (χ3v) is 3.73. The number of amides is 1. The monoisotopic (exact) mass is 246 g/mol. The Kier molecular flexibility index (Phi) is 4.37. The van der Waals surface area contributed by atoms with Crippen LogP contribution in [0.5, 0.6) is 0 Å². The van der Waals surface area contributed by atoms with Gasteiger partial charge < -0.3 is 10.2 Å². The predicted molar refractivity (Wildman–Crippen MR) is 73.3 cm³/mol. The number of carbonyl (C=O) groups excluding carboxylic acids is 1. The first kappa shape index (κ1) is 13.1. The topological polar surface area (TPSA) is 32.3 Å². The Balaban J connectivity index is 1.83. The minimum atomic E-state index is 0.216. The van der Waals surface area contributed by atoms with E-state index in [9.17, 15) is 4.79 Å². The molecular formula is C15H22N2O. The fourth-order valence-corrected chi connectivity index (χ4v) is 2.51. The zero-order valence-corrected chi connectivity index (χ0v) is 11.2. The van der Waals surface area contributed by atoms with Crippen molar-refractivity contribution in [2.75, 3.05) is 13.1 Å². The van der Waals surface area contributed by atoms with Gasteiger partial charge in [0.2, 0.25) is 5.91 Å². The summed E-state index contributed by atoms with van der Waals surface area (Å²) in [4.78, 5) is 14.0. The van der Waals surface area contributed by atoms with Gasteiger partial charge in [-0.05, 0) is 32.3 Å². The lowest BCUT2D eigenvalue weighted by Crippen LogP contribution is -2.40. The van der Waals surface area contributed by atoms with E-state index in [1.165, 1.54) is 5.56 Å². The van der Waals surface area contributed by atoms with Gasteiger partial charge in [-0.1, -0.05) is 30.3 Å². The van der Waals surface area contributed by atoms with Crippen LogP contribution in [-0.2, 0) is 4.79 Å². The van der Waals surface area contributed by atoms with Crippen LogP contribution in [0.3, 0.4) is 0 Å². The first-order valence-corrected chi connectivity index (χ1v) is 6.76. The Morgan fingerprint density at radius 2 is 2.17 bits per heavy atom. The summed E-state index contributed by atoms with van der Waals surface area (Å²) in [7, 11) is 0. The highest BCUT2D eigenvalue weighted by molar-refractivity contribution is 5.78. The van der Waals surface area contributed by atoms with Crippen molar-refractivity contribution in [3.8, 4) is 0 Å². The standard InChI is InChI=1S/C15H22N2O/c1-12-7-6-10-17(12)15(18)11-16-13(2)14-8-4-3-5-9-14/h3-5,8-9,12-13,16H,6-7,10-11H2,1-2H3/t12-,13+/m1/s1. The van der Waals surface area contributed by atoms with E-state index in [1.807, 2.05) is 23.1 Å². The molecule has 18 heavy (non-hydrogen) atoms. The molecule has 0 bridgehead atoms. The van der Waals surface area contributed by atoms with Gasteiger partial charge in [0.05, 0.1) is 6.54 Å². The lowest BCUT2D eigenvalue weighted by Gasteiger charge is -2.23. The Morgan fingerprint density at radius 3 is 2.78 bits per heavy atom. The highest BCUT2D eigenvalue weighted by atomic mass is 16.2. The average Bonchev–Trinajstić information content (AvgIpc) is 2.83. The van der Waals surface area contributed by atoms with Crippen LogP contribution in [0.25, 0.3) is 0 Å². The van der Waals surface area contributed by atoms with Crippen LogP contribution in [-0.4, -0.2) is 29.9 Å². The normalized spacial score (nSPS) is 21.0. The molecule has 0 aromatic heterocycles. The number of nitrogens with one attached hydrogen (secondary N) is 1. The molecule has 0 spiro atoms. The molecule has 1 fully saturated rings. The number of hydrogen-bond donors (Lipinski definition) is 1. The molecule has 1 aromatic rings. The Morgan fingerprint density at radius 1 is 1.44 bits per heavy atom. The molecule has 3 nitrogen and oxygen atoms in total. The molecule has 1 heterocycles. The maximum Gasteiger partial charge on any atom is 0.236 e. The van der Waals surface area contributed by atoms with Gasteiger partial charge in [0.1, 0.15) is 0 Å². The largest absolute Gasteiger partial charge is 0.339 e. The second-order valence-electron chi connectivity index (χ2n) is 5.09. The van der Waals surface area contributed by atoms with Gasteiger partial charge in [0.15, 0.2) is 0 Å². The summed E-state index contributed by atoms with van der Waals surface area (Å²) in [5.41, 5.74) is 1.22. The van der Waals surface area contributed by atoms with Crippen molar-refractivity contribution < 1.29 is 4.79 Å². The van der Waals surface area contributed by atoms with Crippen molar-refractivity contribution in [3.05, 3.63) is 35.9 Å². The maximum atomic E-state index is 12.1. The molecule has 1 aliphatic heterocycles. The minimum Gasteiger partial charge on any atom is -0.339 e.